The lowest BCUT2D eigenvalue weighted by molar-refractivity contribution is -0.116. The fraction of sp³-hybridized carbons (Fsp3) is 0.615. The Morgan fingerprint density at radius 1 is 1.21 bits per heavy atom. The van der Waals surface area contributed by atoms with E-state index in [1.54, 1.807) is 13.0 Å². The van der Waals surface area contributed by atoms with Gasteiger partial charge in [0.2, 0.25) is 0 Å². The summed E-state index contributed by atoms with van der Waals surface area (Å²) in [5, 5.41) is 13.8. The summed E-state index contributed by atoms with van der Waals surface area (Å²) in [5.74, 6) is -0.772. The van der Waals surface area contributed by atoms with E-state index in [0.29, 0.717) is 12.2 Å². The maximum absolute atomic E-state index is 11.5. The molecule has 0 aromatic rings. The molecule has 0 bridgehead atoms. The number of nitrogens with one attached hydrogen (secondary N) is 2. The Balaban J connectivity index is 4.21. The maximum atomic E-state index is 11.5. The van der Waals surface area contributed by atoms with Gasteiger partial charge in [0.1, 0.15) is 11.6 Å². The molecule has 19 heavy (non-hydrogen) atoms. The quantitative estimate of drug-likeness (QED) is 0.352. The van der Waals surface area contributed by atoms with Crippen molar-refractivity contribution in [1.29, 1.82) is 5.26 Å². The van der Waals surface area contributed by atoms with Crippen LogP contribution in [0.4, 0.5) is 4.79 Å². The zero-order valence-electron chi connectivity index (χ0n) is 11.6. The number of amides is 3. The van der Waals surface area contributed by atoms with Crippen molar-refractivity contribution in [3.63, 3.8) is 0 Å². The number of hydrogen-bond acceptors (Lipinski definition) is 4. The first-order chi connectivity index (χ1) is 9.02. The number of unbranched alkanes of at least 4 members (excludes halogenated alkanes) is 4. The summed E-state index contributed by atoms with van der Waals surface area (Å²) in [6, 6.07) is 0.798. The van der Waals surface area contributed by atoms with Gasteiger partial charge in [-0.25, -0.2) is 4.79 Å². The van der Waals surface area contributed by atoms with Gasteiger partial charge < -0.3 is 11.1 Å². The molecule has 0 aromatic carbocycles. The predicted octanol–water partition coefficient (Wildman–Crippen LogP) is 1.54. The van der Waals surface area contributed by atoms with E-state index in [1.165, 1.54) is 19.3 Å². The third kappa shape index (κ3) is 7.82. The molecule has 0 fully saturated rings. The van der Waals surface area contributed by atoms with E-state index in [4.69, 9.17) is 11.0 Å². The summed E-state index contributed by atoms with van der Waals surface area (Å²) < 4.78 is 0. The normalized spacial score (nSPS) is 11.2. The zero-order chi connectivity index (χ0) is 14.7. The highest BCUT2D eigenvalue weighted by atomic mass is 16.2. The largest absolute Gasteiger partial charge is 0.387 e. The molecule has 0 spiro atoms. The number of rotatable bonds is 8. The minimum absolute atomic E-state index is 0.118. The molecule has 0 aromatic heterocycles. The molecule has 0 aliphatic carbocycles. The Morgan fingerprint density at radius 2 is 1.84 bits per heavy atom. The number of hydrogen-bond donors (Lipinski definition) is 3. The summed E-state index contributed by atoms with van der Waals surface area (Å²) >= 11 is 0. The van der Waals surface area contributed by atoms with Crippen LogP contribution in [0, 0.1) is 11.3 Å². The van der Waals surface area contributed by atoms with Crippen LogP contribution in [0.2, 0.25) is 0 Å². The Morgan fingerprint density at radius 3 is 2.37 bits per heavy atom. The minimum Gasteiger partial charge on any atom is -0.387 e. The van der Waals surface area contributed by atoms with Gasteiger partial charge in [0, 0.05) is 12.2 Å². The van der Waals surface area contributed by atoms with Gasteiger partial charge in [0.05, 0.1) is 0 Å². The summed E-state index contributed by atoms with van der Waals surface area (Å²) in [6.45, 7) is 4.48. The number of nitrogens with two attached hydrogens (primary N) is 1. The van der Waals surface area contributed by atoms with Crippen LogP contribution >= 0.6 is 0 Å². The number of imide groups is 1. The van der Waals surface area contributed by atoms with Crippen molar-refractivity contribution < 1.29 is 9.59 Å². The lowest BCUT2D eigenvalue weighted by Gasteiger charge is -2.08. The van der Waals surface area contributed by atoms with E-state index >= 15 is 0 Å². The third-order valence-electron chi connectivity index (χ3n) is 2.62. The van der Waals surface area contributed by atoms with Gasteiger partial charge in [-0.05, 0) is 13.3 Å². The van der Waals surface area contributed by atoms with Gasteiger partial charge in [-0.1, -0.05) is 32.6 Å². The summed E-state index contributed by atoms with van der Waals surface area (Å²) in [6.07, 6.45) is 5.70. The van der Waals surface area contributed by atoms with Gasteiger partial charge in [-0.15, -0.1) is 0 Å². The lowest BCUT2D eigenvalue weighted by Crippen LogP contribution is -2.36. The molecular formula is C13H22N4O2. The highest BCUT2D eigenvalue weighted by Crippen LogP contribution is 2.03. The Hall–Kier alpha value is -2.03. The smallest absolute Gasteiger partial charge is 0.319 e. The second-order valence-electron chi connectivity index (χ2n) is 4.27. The fourth-order valence-electron chi connectivity index (χ4n) is 1.57. The first kappa shape index (κ1) is 17.0. The molecule has 106 valence electrons. The maximum Gasteiger partial charge on any atom is 0.319 e. The average Bonchev–Trinajstić information content (AvgIpc) is 2.33. The van der Waals surface area contributed by atoms with Gasteiger partial charge >= 0.3 is 6.03 Å². The molecule has 3 amide bonds. The molecule has 0 radical (unpaired) electrons. The van der Waals surface area contributed by atoms with Crippen LogP contribution in [0.1, 0.15) is 46.0 Å². The first-order valence-corrected chi connectivity index (χ1v) is 6.48. The first-order valence-electron chi connectivity index (χ1n) is 6.48. The molecule has 0 saturated heterocycles. The van der Waals surface area contributed by atoms with Crippen LogP contribution in [0.3, 0.4) is 0 Å². The summed E-state index contributed by atoms with van der Waals surface area (Å²) in [7, 11) is 0. The SMILES string of the molecule is CCCCCCCNC(C)=C(C#N)C(=O)NC(N)=O. The highest BCUT2D eigenvalue weighted by molar-refractivity contribution is 6.06. The van der Waals surface area contributed by atoms with Crippen molar-refractivity contribution in [2.45, 2.75) is 46.0 Å². The minimum atomic E-state index is -0.967. The van der Waals surface area contributed by atoms with E-state index in [2.05, 4.69) is 12.2 Å². The van der Waals surface area contributed by atoms with Gasteiger partial charge in [-0.2, -0.15) is 5.26 Å². The van der Waals surface area contributed by atoms with Crippen molar-refractivity contribution in [3.05, 3.63) is 11.3 Å². The second-order valence-corrected chi connectivity index (χ2v) is 4.27. The van der Waals surface area contributed by atoms with Crippen molar-refractivity contribution in [2.75, 3.05) is 6.54 Å². The van der Waals surface area contributed by atoms with Crippen LogP contribution < -0.4 is 16.4 Å². The van der Waals surface area contributed by atoms with E-state index < -0.39 is 11.9 Å². The van der Waals surface area contributed by atoms with E-state index in [9.17, 15) is 9.59 Å². The Kier molecular flexibility index (Phi) is 8.88. The van der Waals surface area contributed by atoms with Crippen LogP contribution in [-0.2, 0) is 4.79 Å². The molecule has 6 nitrogen and oxygen atoms in total. The highest BCUT2D eigenvalue weighted by Gasteiger charge is 2.13. The second kappa shape index (κ2) is 9.95. The van der Waals surface area contributed by atoms with Gasteiger partial charge in [0.15, 0.2) is 0 Å². The molecular weight excluding hydrogens is 244 g/mol. The molecule has 4 N–H and O–H groups in total. The standard InChI is InChI=1S/C13H22N4O2/c1-3-4-5-6-7-8-16-10(2)11(9-14)12(18)17-13(15)19/h16H,3-8H2,1-2H3,(H3,15,17,18,19). The Labute approximate surface area is 114 Å². The molecule has 0 heterocycles. The van der Waals surface area contributed by atoms with Crippen LogP contribution in [0.5, 0.6) is 0 Å². The predicted molar refractivity (Wildman–Crippen MR) is 72.8 cm³/mol. The van der Waals surface area contributed by atoms with Crippen LogP contribution in [0.25, 0.3) is 0 Å². The van der Waals surface area contributed by atoms with Crippen molar-refractivity contribution in [2.24, 2.45) is 5.73 Å². The number of nitrogens with zero attached hydrogens (tertiary/aromatic N) is 1. The number of carbonyl (C=O) groups is 2. The molecule has 6 heteroatoms. The number of urea groups is 1. The topological polar surface area (TPSA) is 108 Å². The molecule has 0 unspecified atom stereocenters. The van der Waals surface area contributed by atoms with Gasteiger partial charge in [0.25, 0.3) is 5.91 Å². The lowest BCUT2D eigenvalue weighted by atomic mass is 10.1. The van der Waals surface area contributed by atoms with E-state index in [1.807, 2.05) is 5.32 Å². The van der Waals surface area contributed by atoms with Gasteiger partial charge in [-0.3, -0.25) is 10.1 Å². The van der Waals surface area contributed by atoms with Crippen molar-refractivity contribution in [1.82, 2.24) is 10.6 Å². The summed E-state index contributed by atoms with van der Waals surface area (Å²) in [4.78, 5) is 22.0. The third-order valence-corrected chi connectivity index (χ3v) is 2.62. The van der Waals surface area contributed by atoms with Crippen LogP contribution in [-0.4, -0.2) is 18.5 Å². The summed E-state index contributed by atoms with van der Waals surface area (Å²) in [5.41, 5.74) is 5.17. The van der Waals surface area contributed by atoms with Crippen molar-refractivity contribution in [3.8, 4) is 6.07 Å². The number of allylic oxidation sites excluding steroid dienone is 1. The number of primary amides is 1. The molecule has 0 aliphatic heterocycles. The molecule has 0 aliphatic rings. The fourth-order valence-corrected chi connectivity index (χ4v) is 1.57. The monoisotopic (exact) mass is 266 g/mol. The van der Waals surface area contributed by atoms with Crippen molar-refractivity contribution >= 4 is 11.9 Å². The van der Waals surface area contributed by atoms with E-state index in [-0.39, 0.29) is 5.57 Å². The molecule has 0 saturated carbocycles. The molecule has 0 rings (SSSR count). The van der Waals surface area contributed by atoms with Crippen LogP contribution in [0.15, 0.2) is 11.3 Å². The molecule has 0 atom stereocenters. The average molecular weight is 266 g/mol. The Bertz CT molecular complexity index is 383. The number of nitriles is 1. The van der Waals surface area contributed by atoms with E-state index in [0.717, 1.165) is 12.8 Å². The number of carbonyl (C=O) groups excluding carboxylic acids is 2. The zero-order valence-corrected chi connectivity index (χ0v) is 11.6.